The van der Waals surface area contributed by atoms with Crippen molar-refractivity contribution in [1.29, 1.82) is 0 Å². The number of para-hydroxylation sites is 2. The van der Waals surface area contributed by atoms with Crippen molar-refractivity contribution in [1.82, 2.24) is 9.55 Å². The lowest BCUT2D eigenvalue weighted by atomic mass is 10.0. The van der Waals surface area contributed by atoms with Gasteiger partial charge in [0.25, 0.3) is 0 Å². The standard InChI is InChI=1S/C25H18N2O2S/c28-24(29)20-12-3-6-15-23(20)30-25-26-21-13-4-5-14-22(21)27(25)16-18-10-7-9-17-8-1-2-11-19(17)18/h1-15H,16H2,(H,28,29). The molecule has 0 unspecified atom stereocenters. The van der Waals surface area contributed by atoms with Crippen LogP contribution in [0.1, 0.15) is 15.9 Å². The van der Waals surface area contributed by atoms with Gasteiger partial charge in [-0.2, -0.15) is 0 Å². The molecule has 0 spiro atoms. The van der Waals surface area contributed by atoms with Crippen molar-refractivity contribution in [2.45, 2.75) is 16.6 Å². The minimum atomic E-state index is -0.935. The number of hydrogen-bond donors (Lipinski definition) is 1. The molecular weight excluding hydrogens is 392 g/mol. The summed E-state index contributed by atoms with van der Waals surface area (Å²) in [5, 5.41) is 12.7. The molecule has 0 aliphatic carbocycles. The predicted molar refractivity (Wildman–Crippen MR) is 120 cm³/mol. The van der Waals surface area contributed by atoms with Crippen molar-refractivity contribution in [2.75, 3.05) is 0 Å². The summed E-state index contributed by atoms with van der Waals surface area (Å²) in [6.45, 7) is 0.652. The molecule has 1 heterocycles. The molecule has 0 amide bonds. The van der Waals surface area contributed by atoms with E-state index < -0.39 is 5.97 Å². The number of hydrogen-bond acceptors (Lipinski definition) is 3. The fourth-order valence-electron chi connectivity index (χ4n) is 3.72. The van der Waals surface area contributed by atoms with Gasteiger partial charge in [-0.1, -0.05) is 78.5 Å². The van der Waals surface area contributed by atoms with Crippen molar-refractivity contribution < 1.29 is 9.90 Å². The Balaban J connectivity index is 1.64. The maximum atomic E-state index is 11.7. The fraction of sp³-hybridized carbons (Fsp3) is 0.0400. The number of rotatable bonds is 5. The zero-order chi connectivity index (χ0) is 20.5. The Hall–Kier alpha value is -3.57. The Morgan fingerprint density at radius 1 is 0.867 bits per heavy atom. The molecule has 0 atom stereocenters. The van der Waals surface area contributed by atoms with Crippen LogP contribution < -0.4 is 0 Å². The van der Waals surface area contributed by atoms with Crippen molar-refractivity contribution >= 4 is 39.5 Å². The lowest BCUT2D eigenvalue weighted by Crippen LogP contribution is -2.03. The highest BCUT2D eigenvalue weighted by Gasteiger charge is 2.17. The number of imidazole rings is 1. The summed E-state index contributed by atoms with van der Waals surface area (Å²) in [4.78, 5) is 17.2. The highest BCUT2D eigenvalue weighted by atomic mass is 32.2. The van der Waals surface area contributed by atoms with Crippen molar-refractivity contribution in [3.05, 3.63) is 102 Å². The molecule has 1 N–H and O–H groups in total. The van der Waals surface area contributed by atoms with Gasteiger partial charge in [-0.25, -0.2) is 9.78 Å². The Labute approximate surface area is 177 Å². The van der Waals surface area contributed by atoms with E-state index in [0.29, 0.717) is 11.4 Å². The minimum Gasteiger partial charge on any atom is -0.478 e. The van der Waals surface area contributed by atoms with Gasteiger partial charge in [0, 0.05) is 4.90 Å². The third-order valence-corrected chi connectivity index (χ3v) is 6.22. The molecular formula is C25H18N2O2S. The van der Waals surface area contributed by atoms with E-state index in [1.807, 2.05) is 36.4 Å². The average molecular weight is 410 g/mol. The second-order valence-electron chi connectivity index (χ2n) is 7.01. The lowest BCUT2D eigenvalue weighted by Gasteiger charge is -2.12. The van der Waals surface area contributed by atoms with Gasteiger partial charge in [0.15, 0.2) is 5.16 Å². The molecule has 0 bridgehead atoms. The number of carboxylic acids is 1. The normalized spacial score (nSPS) is 11.2. The van der Waals surface area contributed by atoms with E-state index in [0.717, 1.165) is 16.2 Å². The number of aromatic carboxylic acids is 1. The quantitative estimate of drug-likeness (QED) is 0.381. The Bertz CT molecular complexity index is 1390. The van der Waals surface area contributed by atoms with Gasteiger partial charge in [0.05, 0.1) is 23.1 Å². The molecule has 5 heteroatoms. The van der Waals surface area contributed by atoms with Gasteiger partial charge in [0.1, 0.15) is 0 Å². The summed E-state index contributed by atoms with van der Waals surface area (Å²) < 4.78 is 2.17. The van der Waals surface area contributed by atoms with Gasteiger partial charge in [-0.05, 0) is 40.6 Å². The predicted octanol–water partition coefficient (Wildman–Crippen LogP) is 6.09. The fourth-order valence-corrected chi connectivity index (χ4v) is 4.74. The summed E-state index contributed by atoms with van der Waals surface area (Å²) in [6.07, 6.45) is 0. The Morgan fingerprint density at radius 2 is 1.60 bits per heavy atom. The zero-order valence-electron chi connectivity index (χ0n) is 16.0. The first kappa shape index (κ1) is 18.5. The maximum absolute atomic E-state index is 11.7. The van der Waals surface area contributed by atoms with Crippen LogP contribution in [0.4, 0.5) is 0 Å². The van der Waals surface area contributed by atoms with Crippen LogP contribution in [0.2, 0.25) is 0 Å². The highest BCUT2D eigenvalue weighted by molar-refractivity contribution is 7.99. The molecule has 0 aliphatic rings. The summed E-state index contributed by atoms with van der Waals surface area (Å²) in [7, 11) is 0. The number of carboxylic acid groups (broad SMARTS) is 1. The van der Waals surface area contributed by atoms with E-state index in [-0.39, 0.29) is 5.56 Å². The van der Waals surface area contributed by atoms with Gasteiger partial charge < -0.3 is 9.67 Å². The second-order valence-corrected chi connectivity index (χ2v) is 8.02. The van der Waals surface area contributed by atoms with Crippen LogP contribution in [0.3, 0.4) is 0 Å². The number of fused-ring (bicyclic) bond motifs is 2. The molecule has 146 valence electrons. The topological polar surface area (TPSA) is 55.1 Å². The molecule has 30 heavy (non-hydrogen) atoms. The van der Waals surface area contributed by atoms with E-state index in [2.05, 4.69) is 47.0 Å². The zero-order valence-corrected chi connectivity index (χ0v) is 16.8. The van der Waals surface area contributed by atoms with Crippen LogP contribution in [0, 0.1) is 0 Å². The van der Waals surface area contributed by atoms with E-state index >= 15 is 0 Å². The smallest absolute Gasteiger partial charge is 0.336 e. The van der Waals surface area contributed by atoms with Gasteiger partial charge in [0.2, 0.25) is 0 Å². The van der Waals surface area contributed by atoms with Crippen LogP contribution in [0.25, 0.3) is 21.8 Å². The molecule has 0 saturated carbocycles. The Kier molecular flexibility index (Phi) is 4.73. The summed E-state index contributed by atoms with van der Waals surface area (Å²) in [5.74, 6) is -0.935. The molecule has 5 rings (SSSR count). The summed E-state index contributed by atoms with van der Waals surface area (Å²) >= 11 is 1.39. The maximum Gasteiger partial charge on any atom is 0.336 e. The van der Waals surface area contributed by atoms with Crippen molar-refractivity contribution in [3.63, 3.8) is 0 Å². The van der Waals surface area contributed by atoms with Gasteiger partial charge in [-0.3, -0.25) is 0 Å². The number of aromatic nitrogens is 2. The van der Waals surface area contributed by atoms with E-state index in [9.17, 15) is 9.90 Å². The van der Waals surface area contributed by atoms with Gasteiger partial charge in [-0.15, -0.1) is 0 Å². The second kappa shape index (κ2) is 7.69. The van der Waals surface area contributed by atoms with Crippen LogP contribution >= 0.6 is 11.8 Å². The lowest BCUT2D eigenvalue weighted by molar-refractivity contribution is 0.0693. The first-order valence-electron chi connectivity index (χ1n) is 9.63. The van der Waals surface area contributed by atoms with Crippen LogP contribution in [0.5, 0.6) is 0 Å². The molecule has 1 aromatic heterocycles. The third-order valence-electron chi connectivity index (χ3n) is 5.15. The molecule has 0 aliphatic heterocycles. The van der Waals surface area contributed by atoms with Crippen LogP contribution in [0.15, 0.2) is 101 Å². The van der Waals surface area contributed by atoms with Crippen LogP contribution in [-0.4, -0.2) is 20.6 Å². The molecule has 0 saturated heterocycles. The first-order chi connectivity index (χ1) is 14.7. The van der Waals surface area contributed by atoms with Crippen molar-refractivity contribution in [2.24, 2.45) is 0 Å². The van der Waals surface area contributed by atoms with Gasteiger partial charge >= 0.3 is 5.97 Å². The summed E-state index contributed by atoms with van der Waals surface area (Å²) in [6, 6.07) is 29.7. The molecule has 5 aromatic rings. The average Bonchev–Trinajstić information content (AvgIpc) is 3.11. The molecule has 0 radical (unpaired) electrons. The van der Waals surface area contributed by atoms with E-state index in [4.69, 9.17) is 4.98 Å². The van der Waals surface area contributed by atoms with Crippen molar-refractivity contribution in [3.8, 4) is 0 Å². The minimum absolute atomic E-state index is 0.284. The molecule has 4 nitrogen and oxygen atoms in total. The Morgan fingerprint density at radius 3 is 2.50 bits per heavy atom. The van der Waals surface area contributed by atoms with Crippen LogP contribution in [-0.2, 0) is 6.54 Å². The summed E-state index contributed by atoms with van der Waals surface area (Å²) in [5.41, 5.74) is 3.41. The third kappa shape index (κ3) is 3.33. The monoisotopic (exact) mass is 410 g/mol. The first-order valence-corrected chi connectivity index (χ1v) is 10.4. The largest absolute Gasteiger partial charge is 0.478 e. The SMILES string of the molecule is O=C(O)c1ccccc1Sc1nc2ccccc2n1Cc1cccc2ccccc12. The highest BCUT2D eigenvalue weighted by Crippen LogP contribution is 2.33. The number of nitrogens with zero attached hydrogens (tertiary/aromatic N) is 2. The number of benzene rings is 4. The number of carbonyl (C=O) groups is 1. The molecule has 4 aromatic carbocycles. The molecule has 0 fully saturated rings. The van der Waals surface area contributed by atoms with E-state index in [1.165, 1.54) is 28.1 Å². The van der Waals surface area contributed by atoms with E-state index in [1.54, 1.807) is 12.1 Å².